The van der Waals surface area contributed by atoms with E-state index in [4.69, 9.17) is 0 Å². The molecule has 0 aromatic carbocycles. The zero-order valence-corrected chi connectivity index (χ0v) is 12.6. The van der Waals surface area contributed by atoms with Gasteiger partial charge in [-0.2, -0.15) is 0 Å². The predicted octanol–water partition coefficient (Wildman–Crippen LogP) is 4.71. The molecule has 4 aliphatic carbocycles. The van der Waals surface area contributed by atoms with Crippen molar-refractivity contribution in [1.82, 2.24) is 0 Å². The Morgan fingerprint density at radius 3 is 1.62 bits per heavy atom. The molecule has 0 saturated heterocycles. The molecule has 0 heterocycles. The summed E-state index contributed by atoms with van der Waals surface area (Å²) in [6, 6.07) is 0. The smallest absolute Gasteiger partial charge is 0.0175 e. The fourth-order valence-corrected chi connectivity index (χ4v) is 6.68. The largest absolute Gasteiger partial charge is 0.147 e. The first-order chi connectivity index (χ1) is 7.01. The second-order valence-electron chi connectivity index (χ2n) is 7.35. The molecule has 16 heavy (non-hydrogen) atoms. The summed E-state index contributed by atoms with van der Waals surface area (Å²) in [7, 11) is 1.22. The van der Waals surface area contributed by atoms with E-state index < -0.39 is 0 Å². The van der Waals surface area contributed by atoms with Gasteiger partial charge in [-0.1, -0.05) is 20.8 Å². The molecule has 0 aromatic heterocycles. The molecule has 0 aliphatic heterocycles. The zero-order valence-electron chi connectivity index (χ0n) is 10.8. The summed E-state index contributed by atoms with van der Waals surface area (Å²) in [5.74, 6) is 4.57. The minimum absolute atomic E-state index is 0. The zero-order chi connectivity index (χ0) is 10.6. The average molecular weight is 261 g/mol. The molecule has 4 fully saturated rings. The monoisotopic (exact) mass is 260 g/mol. The Bertz CT molecular complexity index is 228. The van der Waals surface area contributed by atoms with Crippen molar-refractivity contribution in [2.45, 2.75) is 63.7 Å². The molecular weight excluding hydrogens is 235 g/mol. The molecule has 1 atom stereocenters. The molecule has 4 bridgehead atoms. The fourth-order valence-electron chi connectivity index (χ4n) is 4.66. The summed E-state index contributed by atoms with van der Waals surface area (Å²) >= 11 is 0. The summed E-state index contributed by atoms with van der Waals surface area (Å²) in [6.45, 7) is 7.32. The van der Waals surface area contributed by atoms with Crippen LogP contribution in [0.15, 0.2) is 0 Å². The third kappa shape index (κ3) is 2.44. The lowest BCUT2D eigenvalue weighted by Crippen LogP contribution is -2.47. The maximum absolute atomic E-state index is 2.44. The molecule has 0 nitrogen and oxygen atoms in total. The van der Waals surface area contributed by atoms with Gasteiger partial charge in [0.1, 0.15) is 0 Å². The number of hydrogen-bond acceptors (Lipinski definition) is 0. The van der Waals surface area contributed by atoms with Gasteiger partial charge in [0.2, 0.25) is 0 Å². The molecular formula is C14H26ClP. The number of rotatable bonds is 1. The first-order valence-corrected chi connectivity index (χ1v) is 7.87. The van der Waals surface area contributed by atoms with Crippen LogP contribution < -0.4 is 0 Å². The van der Waals surface area contributed by atoms with Crippen molar-refractivity contribution in [2.75, 3.05) is 0 Å². The van der Waals surface area contributed by atoms with E-state index in [9.17, 15) is 0 Å². The Hall–Kier alpha value is 0.720. The van der Waals surface area contributed by atoms with E-state index in [-0.39, 0.29) is 12.4 Å². The fraction of sp³-hybridized carbons (Fsp3) is 1.00. The summed E-state index contributed by atoms with van der Waals surface area (Å²) < 4.78 is 0. The highest BCUT2D eigenvalue weighted by molar-refractivity contribution is 7.40. The van der Waals surface area contributed by atoms with Crippen LogP contribution >= 0.6 is 21.0 Å². The molecule has 4 rings (SSSR count). The summed E-state index contributed by atoms with van der Waals surface area (Å²) in [5, 5.41) is 0.583. The Morgan fingerprint density at radius 2 is 1.25 bits per heavy atom. The molecule has 0 radical (unpaired) electrons. The van der Waals surface area contributed by atoms with Gasteiger partial charge in [-0.25, -0.2) is 0 Å². The predicted molar refractivity (Wildman–Crippen MR) is 76.1 cm³/mol. The maximum atomic E-state index is 2.44. The second kappa shape index (κ2) is 4.43. The minimum Gasteiger partial charge on any atom is -0.147 e. The molecule has 4 saturated carbocycles. The van der Waals surface area contributed by atoms with Gasteiger partial charge in [0.25, 0.3) is 0 Å². The summed E-state index contributed by atoms with van der Waals surface area (Å²) in [4.78, 5) is 0. The van der Waals surface area contributed by atoms with Crippen LogP contribution in [0.5, 0.6) is 0 Å². The molecule has 0 spiro atoms. The minimum atomic E-state index is 0. The summed E-state index contributed by atoms with van der Waals surface area (Å²) in [6.07, 6.45) is 7.99. The van der Waals surface area contributed by atoms with E-state index in [0.29, 0.717) is 5.16 Å². The SMILES string of the molecule is CC(C)(C)PC1C2CC3CC(C2)CC1C3.Cl. The lowest BCUT2D eigenvalue weighted by atomic mass is 9.56. The quantitative estimate of drug-likeness (QED) is 0.599. The van der Waals surface area contributed by atoms with Gasteiger partial charge in [0.15, 0.2) is 0 Å². The lowest BCUT2D eigenvalue weighted by Gasteiger charge is -2.55. The molecule has 4 aliphatic rings. The highest BCUT2D eigenvalue weighted by atomic mass is 35.5. The van der Waals surface area contributed by atoms with Crippen molar-refractivity contribution in [3.63, 3.8) is 0 Å². The molecule has 0 amide bonds. The van der Waals surface area contributed by atoms with Crippen molar-refractivity contribution in [2.24, 2.45) is 23.7 Å². The van der Waals surface area contributed by atoms with Crippen molar-refractivity contribution in [1.29, 1.82) is 0 Å². The number of halogens is 1. The van der Waals surface area contributed by atoms with Crippen LogP contribution in [-0.4, -0.2) is 10.8 Å². The van der Waals surface area contributed by atoms with E-state index in [1.807, 2.05) is 0 Å². The van der Waals surface area contributed by atoms with Gasteiger partial charge in [0.05, 0.1) is 0 Å². The topological polar surface area (TPSA) is 0 Å². The summed E-state index contributed by atoms with van der Waals surface area (Å²) in [5.41, 5.74) is 1.12. The van der Waals surface area contributed by atoms with Crippen LogP contribution in [0, 0.1) is 23.7 Å². The van der Waals surface area contributed by atoms with Crippen molar-refractivity contribution in [3.05, 3.63) is 0 Å². The molecule has 0 aromatic rings. The highest BCUT2D eigenvalue weighted by Crippen LogP contribution is 2.60. The number of hydrogen-bond donors (Lipinski definition) is 0. The normalized spacial score (nSPS) is 46.3. The first kappa shape index (κ1) is 13.2. The Kier molecular flexibility index (Phi) is 3.65. The van der Waals surface area contributed by atoms with Crippen LogP contribution in [0.25, 0.3) is 0 Å². The van der Waals surface area contributed by atoms with Crippen LogP contribution in [-0.2, 0) is 0 Å². The van der Waals surface area contributed by atoms with Crippen molar-refractivity contribution in [3.8, 4) is 0 Å². The van der Waals surface area contributed by atoms with Crippen LogP contribution in [0.3, 0.4) is 0 Å². The van der Waals surface area contributed by atoms with E-state index in [1.54, 1.807) is 32.1 Å². The molecule has 94 valence electrons. The standard InChI is InChI=1S/C14H25P.ClH/c1-14(2,3)15-13-11-5-9-4-10(7-11)8-12(13)6-9;/h9-13,15H,4-8H2,1-3H3;1H. The van der Waals surface area contributed by atoms with Crippen LogP contribution in [0.4, 0.5) is 0 Å². The molecule has 1 unspecified atom stereocenters. The van der Waals surface area contributed by atoms with Gasteiger partial charge < -0.3 is 0 Å². The highest BCUT2D eigenvalue weighted by Gasteiger charge is 2.48. The van der Waals surface area contributed by atoms with E-state index >= 15 is 0 Å². The van der Waals surface area contributed by atoms with Crippen molar-refractivity contribution >= 4 is 21.0 Å². The van der Waals surface area contributed by atoms with Gasteiger partial charge in [0, 0.05) is 0 Å². The van der Waals surface area contributed by atoms with Crippen LogP contribution in [0.2, 0.25) is 0 Å². The third-order valence-corrected chi connectivity index (χ3v) is 6.97. The lowest BCUT2D eigenvalue weighted by molar-refractivity contribution is 0.0252. The molecule has 2 heteroatoms. The molecule has 0 N–H and O–H groups in total. The van der Waals surface area contributed by atoms with Gasteiger partial charge in [-0.3, -0.25) is 0 Å². The van der Waals surface area contributed by atoms with E-state index in [1.165, 1.54) is 8.58 Å². The van der Waals surface area contributed by atoms with E-state index in [0.717, 1.165) is 29.3 Å². The Balaban J connectivity index is 0.000000963. The van der Waals surface area contributed by atoms with Gasteiger partial charge in [-0.15, -0.1) is 21.0 Å². The second-order valence-corrected chi connectivity index (χ2v) is 9.81. The van der Waals surface area contributed by atoms with Gasteiger partial charge in [-0.05, 0) is 66.6 Å². The van der Waals surface area contributed by atoms with E-state index in [2.05, 4.69) is 20.8 Å². The first-order valence-electron chi connectivity index (χ1n) is 6.79. The van der Waals surface area contributed by atoms with Crippen LogP contribution in [0.1, 0.15) is 52.9 Å². The Morgan fingerprint density at radius 1 is 0.812 bits per heavy atom. The average Bonchev–Trinajstić information content (AvgIpc) is 2.08. The van der Waals surface area contributed by atoms with Crippen molar-refractivity contribution < 1.29 is 0 Å². The third-order valence-electron chi connectivity index (χ3n) is 4.83. The maximum Gasteiger partial charge on any atom is -0.0175 e. The Labute approximate surface area is 109 Å². The van der Waals surface area contributed by atoms with Gasteiger partial charge >= 0.3 is 0 Å².